The van der Waals surface area contributed by atoms with Crippen LogP contribution in [0.25, 0.3) is 11.2 Å². The zero-order valence-electron chi connectivity index (χ0n) is 13.6. The van der Waals surface area contributed by atoms with Crippen LogP contribution >= 0.6 is 0 Å². The fourth-order valence-corrected chi connectivity index (χ4v) is 3.51. The molecule has 0 aliphatic heterocycles. The fraction of sp³-hybridized carbons (Fsp3) is 0.333. The number of nitrogens with zero attached hydrogens (tertiary/aromatic N) is 2. The lowest BCUT2D eigenvalue weighted by Gasteiger charge is -2.22. The largest absolute Gasteiger partial charge is 0.352 e. The maximum atomic E-state index is 13.8. The predicted octanol–water partition coefficient (Wildman–Crippen LogP) is 4.25. The molecule has 7 heteroatoms. The second-order valence-electron chi connectivity index (χ2n) is 6.44. The van der Waals surface area contributed by atoms with Crippen molar-refractivity contribution < 1.29 is 8.78 Å². The number of hydrogen-bond donors (Lipinski definition) is 2. The standard InChI is InChI=1S/C18H18F2N4O/c19-11-6-7-15(14(20)8-11)22-12-9-16-17(21-10-12)24(18(25)23-16)13-4-2-1-3-5-13/h6-10,13,22H,1-5H2,(H,23,25). The average Bonchev–Trinajstić information content (AvgIpc) is 2.93. The summed E-state index contributed by atoms with van der Waals surface area (Å²) < 4.78 is 28.5. The lowest BCUT2D eigenvalue weighted by atomic mass is 9.95. The number of pyridine rings is 1. The number of aromatic nitrogens is 3. The van der Waals surface area contributed by atoms with Crippen LogP contribution in [0.15, 0.2) is 35.3 Å². The first-order valence-electron chi connectivity index (χ1n) is 8.44. The van der Waals surface area contributed by atoms with Gasteiger partial charge >= 0.3 is 5.69 Å². The highest BCUT2D eigenvalue weighted by Crippen LogP contribution is 2.29. The van der Waals surface area contributed by atoms with Gasteiger partial charge in [-0.3, -0.25) is 4.57 Å². The van der Waals surface area contributed by atoms with E-state index in [9.17, 15) is 13.6 Å². The molecule has 1 aliphatic rings. The molecule has 3 aromatic rings. The molecule has 0 atom stereocenters. The van der Waals surface area contributed by atoms with Crippen LogP contribution < -0.4 is 11.0 Å². The van der Waals surface area contributed by atoms with Gasteiger partial charge in [0.1, 0.15) is 11.6 Å². The van der Waals surface area contributed by atoms with Crippen LogP contribution in [0.5, 0.6) is 0 Å². The molecule has 0 amide bonds. The highest BCUT2D eigenvalue weighted by molar-refractivity contribution is 5.76. The van der Waals surface area contributed by atoms with Gasteiger partial charge in [-0.2, -0.15) is 0 Å². The summed E-state index contributed by atoms with van der Waals surface area (Å²) in [5, 5.41) is 2.86. The van der Waals surface area contributed by atoms with Crippen LogP contribution in [0.2, 0.25) is 0 Å². The Bertz CT molecular complexity index is 973. The van der Waals surface area contributed by atoms with Crippen molar-refractivity contribution in [3.05, 3.63) is 52.6 Å². The normalized spacial score (nSPS) is 15.6. The van der Waals surface area contributed by atoms with E-state index < -0.39 is 11.6 Å². The smallest absolute Gasteiger partial charge is 0.327 e. The van der Waals surface area contributed by atoms with E-state index in [1.165, 1.54) is 18.6 Å². The number of benzene rings is 1. The summed E-state index contributed by atoms with van der Waals surface area (Å²) in [7, 11) is 0. The minimum Gasteiger partial charge on any atom is -0.352 e. The first-order valence-corrected chi connectivity index (χ1v) is 8.44. The molecule has 1 aromatic carbocycles. The van der Waals surface area contributed by atoms with E-state index in [1.54, 1.807) is 16.8 Å². The van der Waals surface area contributed by atoms with Crippen molar-refractivity contribution in [3.63, 3.8) is 0 Å². The van der Waals surface area contributed by atoms with Gasteiger partial charge in [0.25, 0.3) is 0 Å². The van der Waals surface area contributed by atoms with Crippen LogP contribution in [-0.4, -0.2) is 14.5 Å². The van der Waals surface area contributed by atoms with Crippen molar-refractivity contribution in [1.82, 2.24) is 14.5 Å². The van der Waals surface area contributed by atoms with E-state index in [1.807, 2.05) is 0 Å². The van der Waals surface area contributed by atoms with E-state index in [-0.39, 0.29) is 17.4 Å². The second kappa shape index (κ2) is 6.31. The highest BCUT2D eigenvalue weighted by Gasteiger charge is 2.20. The minimum absolute atomic E-state index is 0.150. The van der Waals surface area contributed by atoms with Gasteiger partial charge in [-0.05, 0) is 31.0 Å². The number of fused-ring (bicyclic) bond motifs is 1. The van der Waals surface area contributed by atoms with Crippen LogP contribution in [0.4, 0.5) is 20.2 Å². The Kier molecular flexibility index (Phi) is 3.99. The number of rotatable bonds is 3. The third-order valence-corrected chi connectivity index (χ3v) is 4.71. The van der Waals surface area contributed by atoms with Crippen molar-refractivity contribution >= 4 is 22.5 Å². The molecule has 0 spiro atoms. The summed E-state index contributed by atoms with van der Waals surface area (Å²) in [6.45, 7) is 0. The minimum atomic E-state index is -0.687. The molecule has 1 fully saturated rings. The molecule has 2 N–H and O–H groups in total. The lowest BCUT2D eigenvalue weighted by molar-refractivity contribution is 0.352. The van der Waals surface area contributed by atoms with Gasteiger partial charge in [-0.15, -0.1) is 0 Å². The van der Waals surface area contributed by atoms with Gasteiger partial charge in [-0.1, -0.05) is 19.3 Å². The number of nitrogens with one attached hydrogen (secondary N) is 2. The summed E-state index contributed by atoms with van der Waals surface area (Å²) in [6, 6.07) is 5.21. The van der Waals surface area contributed by atoms with Crippen LogP contribution in [-0.2, 0) is 0 Å². The maximum absolute atomic E-state index is 13.8. The topological polar surface area (TPSA) is 62.7 Å². The Labute approximate surface area is 142 Å². The van der Waals surface area contributed by atoms with Crippen molar-refractivity contribution in [1.29, 1.82) is 0 Å². The molecule has 2 heterocycles. The quantitative estimate of drug-likeness (QED) is 0.746. The first-order chi connectivity index (χ1) is 12.1. The number of H-pyrrole nitrogens is 1. The molecule has 0 radical (unpaired) electrons. The number of aromatic amines is 1. The Balaban J connectivity index is 1.68. The molecule has 4 rings (SSSR count). The Morgan fingerprint density at radius 1 is 1.16 bits per heavy atom. The van der Waals surface area contributed by atoms with Crippen LogP contribution in [0, 0.1) is 11.6 Å². The van der Waals surface area contributed by atoms with Crippen LogP contribution in [0.1, 0.15) is 38.1 Å². The van der Waals surface area contributed by atoms with Gasteiger partial charge in [0, 0.05) is 12.1 Å². The second-order valence-corrected chi connectivity index (χ2v) is 6.44. The Hall–Kier alpha value is -2.70. The summed E-state index contributed by atoms with van der Waals surface area (Å²) >= 11 is 0. The van der Waals surface area contributed by atoms with E-state index in [4.69, 9.17) is 0 Å². The first kappa shape index (κ1) is 15.8. The van der Waals surface area contributed by atoms with Crippen molar-refractivity contribution in [2.75, 3.05) is 5.32 Å². The SMILES string of the molecule is O=c1[nH]c2cc(Nc3ccc(F)cc3F)cnc2n1C1CCCCC1. The molecule has 0 bridgehead atoms. The zero-order chi connectivity index (χ0) is 17.4. The monoisotopic (exact) mass is 344 g/mol. The van der Waals surface area contributed by atoms with E-state index in [2.05, 4.69) is 15.3 Å². The van der Waals surface area contributed by atoms with E-state index >= 15 is 0 Å². The predicted molar refractivity (Wildman–Crippen MR) is 92.1 cm³/mol. The molecule has 1 aliphatic carbocycles. The zero-order valence-corrected chi connectivity index (χ0v) is 13.6. The van der Waals surface area contributed by atoms with Crippen molar-refractivity contribution in [2.45, 2.75) is 38.1 Å². The molecule has 0 unspecified atom stereocenters. The Morgan fingerprint density at radius 3 is 2.72 bits per heavy atom. The van der Waals surface area contributed by atoms with Crippen LogP contribution in [0.3, 0.4) is 0 Å². The molecule has 5 nitrogen and oxygen atoms in total. The van der Waals surface area contributed by atoms with Gasteiger partial charge in [0.15, 0.2) is 5.65 Å². The van der Waals surface area contributed by atoms with Gasteiger partial charge in [0.05, 0.1) is 23.1 Å². The lowest BCUT2D eigenvalue weighted by Crippen LogP contribution is -2.24. The Morgan fingerprint density at radius 2 is 1.96 bits per heavy atom. The van der Waals surface area contributed by atoms with Gasteiger partial charge in [0.2, 0.25) is 0 Å². The van der Waals surface area contributed by atoms with Gasteiger partial charge < -0.3 is 10.3 Å². The van der Waals surface area contributed by atoms with Crippen molar-refractivity contribution in [2.24, 2.45) is 0 Å². The summed E-state index contributed by atoms with van der Waals surface area (Å²) in [5.74, 6) is -1.32. The summed E-state index contributed by atoms with van der Waals surface area (Å²) in [5.41, 5.74) is 1.72. The average molecular weight is 344 g/mol. The van der Waals surface area contributed by atoms with Crippen molar-refractivity contribution in [3.8, 4) is 0 Å². The molecule has 2 aromatic heterocycles. The fourth-order valence-electron chi connectivity index (χ4n) is 3.51. The molecular weight excluding hydrogens is 326 g/mol. The molecule has 1 saturated carbocycles. The summed E-state index contributed by atoms with van der Waals surface area (Å²) in [4.78, 5) is 19.6. The maximum Gasteiger partial charge on any atom is 0.327 e. The van der Waals surface area contributed by atoms with E-state index in [0.717, 1.165) is 31.7 Å². The molecule has 130 valence electrons. The third kappa shape index (κ3) is 3.01. The number of hydrogen-bond acceptors (Lipinski definition) is 3. The summed E-state index contributed by atoms with van der Waals surface area (Å²) in [6.07, 6.45) is 6.96. The number of halogens is 2. The molecule has 25 heavy (non-hydrogen) atoms. The highest BCUT2D eigenvalue weighted by atomic mass is 19.1. The number of anilines is 2. The van der Waals surface area contributed by atoms with E-state index in [0.29, 0.717) is 16.9 Å². The van der Waals surface area contributed by atoms with Gasteiger partial charge in [-0.25, -0.2) is 18.6 Å². The molecular formula is C18H18F2N4O. The third-order valence-electron chi connectivity index (χ3n) is 4.71. The number of imidazole rings is 1. The molecule has 0 saturated heterocycles.